The van der Waals surface area contributed by atoms with Gasteiger partial charge in [0.1, 0.15) is 16.3 Å². The predicted molar refractivity (Wildman–Crippen MR) is 72.4 cm³/mol. The number of anilines is 1. The van der Waals surface area contributed by atoms with Crippen LogP contribution in [0.5, 0.6) is 0 Å². The SMILES string of the molecule is COCCOCCS(=O)c1nc2cc(N)ccc2o1. The van der Waals surface area contributed by atoms with Gasteiger partial charge in [0.2, 0.25) is 0 Å². The number of ether oxygens (including phenoxy) is 2. The molecule has 0 spiro atoms. The van der Waals surface area contributed by atoms with Crippen LogP contribution in [0.25, 0.3) is 11.1 Å². The Morgan fingerprint density at radius 1 is 1.37 bits per heavy atom. The van der Waals surface area contributed by atoms with Crippen LogP contribution in [0.3, 0.4) is 0 Å². The maximum Gasteiger partial charge on any atom is 0.288 e. The Balaban J connectivity index is 1.94. The summed E-state index contributed by atoms with van der Waals surface area (Å²) < 4.78 is 27.5. The monoisotopic (exact) mass is 284 g/mol. The van der Waals surface area contributed by atoms with Crippen molar-refractivity contribution < 1.29 is 18.1 Å². The summed E-state index contributed by atoms with van der Waals surface area (Å²) in [5.74, 6) is 0.339. The number of nitrogens with zero attached hydrogens (tertiary/aromatic N) is 1. The second-order valence-electron chi connectivity index (χ2n) is 3.86. The van der Waals surface area contributed by atoms with Gasteiger partial charge in [0.15, 0.2) is 5.58 Å². The third kappa shape index (κ3) is 3.76. The maximum absolute atomic E-state index is 11.9. The van der Waals surface area contributed by atoms with Crippen LogP contribution in [0.2, 0.25) is 0 Å². The molecule has 0 saturated heterocycles. The van der Waals surface area contributed by atoms with E-state index in [0.717, 1.165) is 0 Å². The van der Waals surface area contributed by atoms with Gasteiger partial charge in [-0.25, -0.2) is 9.19 Å². The number of benzene rings is 1. The van der Waals surface area contributed by atoms with Crippen molar-refractivity contribution in [1.82, 2.24) is 4.98 Å². The van der Waals surface area contributed by atoms with Gasteiger partial charge < -0.3 is 19.6 Å². The Labute approximate surface area is 113 Å². The summed E-state index contributed by atoms with van der Waals surface area (Å²) >= 11 is 0. The van der Waals surface area contributed by atoms with Gasteiger partial charge in [-0.2, -0.15) is 0 Å². The molecule has 0 aliphatic heterocycles. The van der Waals surface area contributed by atoms with E-state index in [2.05, 4.69) is 4.98 Å². The lowest BCUT2D eigenvalue weighted by molar-refractivity contribution is 0.0787. The van der Waals surface area contributed by atoms with E-state index in [0.29, 0.717) is 42.4 Å². The highest BCUT2D eigenvalue weighted by atomic mass is 32.2. The number of nitrogens with two attached hydrogens (primary N) is 1. The average Bonchev–Trinajstić information content (AvgIpc) is 2.81. The van der Waals surface area contributed by atoms with Gasteiger partial charge >= 0.3 is 0 Å². The number of methoxy groups -OCH3 is 1. The molecule has 2 rings (SSSR count). The first-order valence-electron chi connectivity index (χ1n) is 5.82. The largest absolute Gasteiger partial charge is 0.430 e. The van der Waals surface area contributed by atoms with Crippen molar-refractivity contribution in [3.63, 3.8) is 0 Å². The first kappa shape index (κ1) is 14.0. The van der Waals surface area contributed by atoms with Crippen molar-refractivity contribution in [2.75, 3.05) is 38.4 Å². The van der Waals surface area contributed by atoms with Gasteiger partial charge in [0.25, 0.3) is 5.22 Å². The molecular weight excluding hydrogens is 268 g/mol. The van der Waals surface area contributed by atoms with Crippen molar-refractivity contribution >= 4 is 27.6 Å². The second kappa shape index (κ2) is 6.65. The Hall–Kier alpha value is -1.44. The van der Waals surface area contributed by atoms with E-state index in [4.69, 9.17) is 19.6 Å². The Bertz CT molecular complexity index is 570. The molecule has 104 valence electrons. The molecule has 0 aliphatic rings. The minimum atomic E-state index is -1.31. The quantitative estimate of drug-likeness (QED) is 0.607. The van der Waals surface area contributed by atoms with Gasteiger partial charge in [-0.1, -0.05) is 0 Å². The Morgan fingerprint density at radius 2 is 2.21 bits per heavy atom. The molecule has 0 amide bonds. The lowest BCUT2D eigenvalue weighted by Crippen LogP contribution is -2.09. The van der Waals surface area contributed by atoms with Crippen LogP contribution >= 0.6 is 0 Å². The topological polar surface area (TPSA) is 87.6 Å². The Morgan fingerprint density at radius 3 is 3.00 bits per heavy atom. The van der Waals surface area contributed by atoms with Crippen molar-refractivity contribution in [3.8, 4) is 0 Å². The zero-order chi connectivity index (χ0) is 13.7. The van der Waals surface area contributed by atoms with E-state index in [1.165, 1.54) is 0 Å². The van der Waals surface area contributed by atoms with E-state index < -0.39 is 10.8 Å². The maximum atomic E-state index is 11.9. The van der Waals surface area contributed by atoms with Gasteiger partial charge in [0, 0.05) is 12.8 Å². The van der Waals surface area contributed by atoms with Crippen LogP contribution in [0.4, 0.5) is 5.69 Å². The number of fused-ring (bicyclic) bond motifs is 1. The van der Waals surface area contributed by atoms with Crippen LogP contribution in [0.15, 0.2) is 27.8 Å². The van der Waals surface area contributed by atoms with E-state index in [9.17, 15) is 4.21 Å². The fourth-order valence-electron chi connectivity index (χ4n) is 1.49. The van der Waals surface area contributed by atoms with E-state index in [1.807, 2.05) is 0 Å². The third-order valence-corrected chi connectivity index (χ3v) is 3.53. The molecule has 2 aromatic rings. The molecule has 7 heteroatoms. The fourth-order valence-corrected chi connectivity index (χ4v) is 2.31. The molecule has 1 unspecified atom stereocenters. The van der Waals surface area contributed by atoms with Gasteiger partial charge in [0.05, 0.1) is 25.6 Å². The molecule has 0 aliphatic carbocycles. The standard InChI is InChI=1S/C12H16N2O4S/c1-16-4-5-17-6-7-19(15)12-14-10-8-9(13)2-3-11(10)18-12/h2-3,8H,4-7,13H2,1H3. The number of rotatable bonds is 7. The van der Waals surface area contributed by atoms with Crippen LogP contribution in [-0.2, 0) is 20.3 Å². The van der Waals surface area contributed by atoms with Crippen molar-refractivity contribution in [3.05, 3.63) is 18.2 Å². The highest BCUT2D eigenvalue weighted by Gasteiger charge is 2.12. The molecule has 6 nitrogen and oxygen atoms in total. The Kier molecular flexibility index (Phi) is 4.89. The molecule has 0 radical (unpaired) electrons. The van der Waals surface area contributed by atoms with Gasteiger partial charge in [-0.3, -0.25) is 0 Å². The summed E-state index contributed by atoms with van der Waals surface area (Å²) in [4.78, 5) is 4.16. The molecule has 0 bridgehead atoms. The van der Waals surface area contributed by atoms with E-state index in [1.54, 1.807) is 25.3 Å². The molecule has 1 aromatic heterocycles. The van der Waals surface area contributed by atoms with E-state index in [-0.39, 0.29) is 5.22 Å². The van der Waals surface area contributed by atoms with Crippen LogP contribution in [-0.4, -0.2) is 41.9 Å². The summed E-state index contributed by atoms with van der Waals surface area (Å²) in [6.45, 7) is 1.38. The average molecular weight is 284 g/mol. The first-order valence-corrected chi connectivity index (χ1v) is 7.13. The third-order valence-electron chi connectivity index (χ3n) is 2.43. The number of oxazole rings is 1. The highest BCUT2D eigenvalue weighted by Crippen LogP contribution is 2.20. The normalized spacial score (nSPS) is 12.9. The zero-order valence-corrected chi connectivity index (χ0v) is 11.4. The summed E-state index contributed by atoms with van der Waals surface area (Å²) in [7, 11) is 0.290. The smallest absolute Gasteiger partial charge is 0.288 e. The van der Waals surface area contributed by atoms with Crippen LogP contribution in [0.1, 0.15) is 0 Å². The predicted octanol–water partition coefficient (Wildman–Crippen LogP) is 1.18. The molecule has 1 heterocycles. The minimum absolute atomic E-state index is 0.205. The molecule has 19 heavy (non-hydrogen) atoms. The number of nitrogen functional groups attached to an aromatic ring is 1. The van der Waals surface area contributed by atoms with Gasteiger partial charge in [-0.15, -0.1) is 0 Å². The lowest BCUT2D eigenvalue weighted by atomic mass is 10.3. The summed E-state index contributed by atoms with van der Waals surface area (Å²) in [5.41, 5.74) is 7.44. The number of hydrogen-bond donors (Lipinski definition) is 1. The van der Waals surface area contributed by atoms with E-state index >= 15 is 0 Å². The fraction of sp³-hybridized carbons (Fsp3) is 0.417. The molecule has 1 atom stereocenters. The second-order valence-corrected chi connectivity index (χ2v) is 5.31. The minimum Gasteiger partial charge on any atom is -0.430 e. The highest BCUT2D eigenvalue weighted by molar-refractivity contribution is 7.84. The molecule has 1 aromatic carbocycles. The first-order chi connectivity index (χ1) is 9.20. The number of hydrogen-bond acceptors (Lipinski definition) is 6. The lowest BCUT2D eigenvalue weighted by Gasteiger charge is -2.01. The molecule has 0 saturated carbocycles. The summed E-state index contributed by atoms with van der Waals surface area (Å²) in [5, 5.41) is 0.205. The van der Waals surface area contributed by atoms with Crippen molar-refractivity contribution in [2.24, 2.45) is 0 Å². The zero-order valence-electron chi connectivity index (χ0n) is 10.6. The summed E-state index contributed by atoms with van der Waals surface area (Å²) in [6.07, 6.45) is 0. The molecule has 0 fully saturated rings. The van der Waals surface area contributed by atoms with Crippen molar-refractivity contribution in [1.29, 1.82) is 0 Å². The van der Waals surface area contributed by atoms with Crippen LogP contribution < -0.4 is 5.73 Å². The van der Waals surface area contributed by atoms with Crippen LogP contribution in [0, 0.1) is 0 Å². The van der Waals surface area contributed by atoms with Gasteiger partial charge in [-0.05, 0) is 18.2 Å². The molecule has 2 N–H and O–H groups in total. The van der Waals surface area contributed by atoms with Crippen molar-refractivity contribution in [2.45, 2.75) is 5.22 Å². The summed E-state index contributed by atoms with van der Waals surface area (Å²) in [6, 6.07) is 5.12. The number of aromatic nitrogens is 1. The molecular formula is C12H16N2O4S.